The van der Waals surface area contributed by atoms with Crippen molar-refractivity contribution in [1.29, 1.82) is 0 Å². The predicted octanol–water partition coefficient (Wildman–Crippen LogP) is 3.69. The van der Waals surface area contributed by atoms with Gasteiger partial charge < -0.3 is 5.32 Å². The Bertz CT molecular complexity index is 375. The minimum Gasteiger partial charge on any atom is -0.310 e. The van der Waals surface area contributed by atoms with Crippen LogP contribution in [-0.2, 0) is 11.7 Å². The number of hydrogen-bond donors (Lipinski definition) is 1. The van der Waals surface area contributed by atoms with E-state index in [4.69, 9.17) is 0 Å². The van der Waals surface area contributed by atoms with Crippen LogP contribution >= 0.6 is 0 Å². The van der Waals surface area contributed by atoms with Gasteiger partial charge in [-0.25, -0.2) is 0 Å². The first-order chi connectivity index (χ1) is 7.98. The van der Waals surface area contributed by atoms with Gasteiger partial charge >= 0.3 is 6.18 Å². The van der Waals surface area contributed by atoms with Gasteiger partial charge in [-0.15, -0.1) is 0 Å². The van der Waals surface area contributed by atoms with Crippen LogP contribution in [0, 0.1) is 0 Å². The molecule has 0 unspecified atom stereocenters. The van der Waals surface area contributed by atoms with E-state index < -0.39 is 11.7 Å². The fourth-order valence-corrected chi connectivity index (χ4v) is 2.64. The quantitative estimate of drug-likeness (QED) is 0.835. The topological polar surface area (TPSA) is 12.0 Å². The molecule has 0 atom stereocenters. The monoisotopic (exact) mass is 243 g/mol. The summed E-state index contributed by atoms with van der Waals surface area (Å²) in [7, 11) is 1.88. The van der Waals surface area contributed by atoms with Gasteiger partial charge in [-0.2, -0.15) is 13.2 Å². The smallest absolute Gasteiger partial charge is 0.310 e. The molecule has 0 bridgehead atoms. The van der Waals surface area contributed by atoms with Crippen LogP contribution in [-0.4, -0.2) is 7.05 Å². The lowest BCUT2D eigenvalue weighted by Crippen LogP contribution is -2.36. The third-order valence-corrected chi connectivity index (χ3v) is 3.70. The first kappa shape index (κ1) is 12.4. The zero-order valence-electron chi connectivity index (χ0n) is 9.77. The van der Waals surface area contributed by atoms with Gasteiger partial charge in [0.1, 0.15) is 0 Å². The van der Waals surface area contributed by atoms with Crippen LogP contribution in [0.4, 0.5) is 13.2 Å². The second-order valence-electron chi connectivity index (χ2n) is 4.61. The predicted molar refractivity (Wildman–Crippen MR) is 60.6 cm³/mol. The summed E-state index contributed by atoms with van der Waals surface area (Å²) in [4.78, 5) is 0. The van der Waals surface area contributed by atoms with E-state index in [1.807, 2.05) is 7.05 Å². The van der Waals surface area contributed by atoms with Gasteiger partial charge in [0.05, 0.1) is 5.56 Å². The molecule has 1 N–H and O–H groups in total. The van der Waals surface area contributed by atoms with E-state index in [9.17, 15) is 13.2 Å². The van der Waals surface area contributed by atoms with Crippen LogP contribution in [0.15, 0.2) is 24.3 Å². The van der Waals surface area contributed by atoms with Crippen LogP contribution in [0.5, 0.6) is 0 Å². The molecule has 0 saturated heterocycles. The van der Waals surface area contributed by atoms with Gasteiger partial charge in [0.15, 0.2) is 0 Å². The fraction of sp³-hybridized carbons (Fsp3) is 0.538. The van der Waals surface area contributed by atoms with E-state index in [0.717, 1.165) is 31.2 Å². The highest BCUT2D eigenvalue weighted by atomic mass is 19.4. The summed E-state index contributed by atoms with van der Waals surface area (Å²) in [6.45, 7) is 0. The molecule has 1 aliphatic carbocycles. The molecular formula is C13H16F3N. The van der Waals surface area contributed by atoms with Crippen molar-refractivity contribution in [2.45, 2.75) is 37.4 Å². The lowest BCUT2D eigenvalue weighted by molar-refractivity contribution is -0.137. The van der Waals surface area contributed by atoms with E-state index in [2.05, 4.69) is 5.32 Å². The highest BCUT2D eigenvalue weighted by molar-refractivity contribution is 5.30. The van der Waals surface area contributed by atoms with Crippen LogP contribution < -0.4 is 5.32 Å². The number of benzene rings is 1. The Labute approximate surface area is 99.0 Å². The average molecular weight is 243 g/mol. The van der Waals surface area contributed by atoms with Crippen LogP contribution in [0.2, 0.25) is 0 Å². The summed E-state index contributed by atoms with van der Waals surface area (Å²) in [6, 6.07) is 5.55. The summed E-state index contributed by atoms with van der Waals surface area (Å²) in [6.07, 6.45) is -0.00549. The standard InChI is InChI=1S/C13H16F3N/c1-17-12(8-2-3-9-12)10-4-6-11(7-5-10)13(14,15)16/h4-7,17H,2-3,8-9H2,1H3. The van der Waals surface area contributed by atoms with Gasteiger partial charge in [0.25, 0.3) is 0 Å². The Kier molecular flexibility index (Phi) is 3.17. The largest absolute Gasteiger partial charge is 0.416 e. The van der Waals surface area contributed by atoms with Gasteiger partial charge in [0, 0.05) is 5.54 Å². The molecule has 17 heavy (non-hydrogen) atoms. The van der Waals surface area contributed by atoms with Crippen LogP contribution in [0.3, 0.4) is 0 Å². The second-order valence-corrected chi connectivity index (χ2v) is 4.61. The van der Waals surface area contributed by atoms with E-state index in [-0.39, 0.29) is 5.54 Å². The van der Waals surface area contributed by atoms with Crippen LogP contribution in [0.25, 0.3) is 0 Å². The van der Waals surface area contributed by atoms with Crippen LogP contribution in [0.1, 0.15) is 36.8 Å². The van der Waals surface area contributed by atoms with Crippen molar-refractivity contribution in [1.82, 2.24) is 5.32 Å². The molecule has 0 radical (unpaired) electrons. The number of halogens is 3. The van der Waals surface area contributed by atoms with Crippen molar-refractivity contribution in [3.63, 3.8) is 0 Å². The summed E-state index contributed by atoms with van der Waals surface area (Å²) in [5, 5.41) is 3.27. The highest BCUT2D eigenvalue weighted by Gasteiger charge is 2.35. The minimum absolute atomic E-state index is 0.121. The molecule has 2 rings (SSSR count). The molecule has 94 valence electrons. The molecule has 0 aromatic heterocycles. The summed E-state index contributed by atoms with van der Waals surface area (Å²) in [5.74, 6) is 0. The van der Waals surface area contributed by atoms with Gasteiger partial charge in [-0.05, 0) is 37.6 Å². The molecule has 1 fully saturated rings. The van der Waals surface area contributed by atoms with Crippen molar-refractivity contribution in [3.8, 4) is 0 Å². The van der Waals surface area contributed by atoms with E-state index in [1.165, 1.54) is 12.1 Å². The minimum atomic E-state index is -4.25. The first-order valence-electron chi connectivity index (χ1n) is 5.85. The normalized spacial score (nSPS) is 19.5. The number of hydrogen-bond acceptors (Lipinski definition) is 1. The third-order valence-electron chi connectivity index (χ3n) is 3.70. The van der Waals surface area contributed by atoms with E-state index >= 15 is 0 Å². The summed E-state index contributed by atoms with van der Waals surface area (Å²) < 4.78 is 37.4. The molecule has 1 saturated carbocycles. The Hall–Kier alpha value is -1.03. The van der Waals surface area contributed by atoms with Gasteiger partial charge in [-0.3, -0.25) is 0 Å². The van der Waals surface area contributed by atoms with Crippen molar-refractivity contribution in [3.05, 3.63) is 35.4 Å². The molecule has 0 spiro atoms. The van der Waals surface area contributed by atoms with E-state index in [1.54, 1.807) is 12.1 Å². The molecule has 0 aliphatic heterocycles. The maximum absolute atomic E-state index is 12.5. The first-order valence-corrected chi connectivity index (χ1v) is 5.85. The number of nitrogens with one attached hydrogen (secondary N) is 1. The lowest BCUT2D eigenvalue weighted by Gasteiger charge is -2.29. The number of alkyl halides is 3. The van der Waals surface area contributed by atoms with Gasteiger partial charge in [0.2, 0.25) is 0 Å². The van der Waals surface area contributed by atoms with Crippen molar-refractivity contribution in [2.24, 2.45) is 0 Å². The molecule has 1 aromatic rings. The molecule has 1 aliphatic rings. The van der Waals surface area contributed by atoms with Crippen molar-refractivity contribution < 1.29 is 13.2 Å². The third kappa shape index (κ3) is 2.32. The Morgan fingerprint density at radius 3 is 2.00 bits per heavy atom. The molecular weight excluding hydrogens is 227 g/mol. The fourth-order valence-electron chi connectivity index (χ4n) is 2.64. The molecule has 1 nitrogen and oxygen atoms in total. The molecule has 1 aromatic carbocycles. The maximum Gasteiger partial charge on any atom is 0.416 e. The van der Waals surface area contributed by atoms with Crippen molar-refractivity contribution in [2.75, 3.05) is 7.05 Å². The molecule has 0 heterocycles. The van der Waals surface area contributed by atoms with E-state index in [0.29, 0.717) is 0 Å². The maximum atomic E-state index is 12.5. The number of rotatable bonds is 2. The Morgan fingerprint density at radius 1 is 1.06 bits per heavy atom. The second kappa shape index (κ2) is 4.33. The van der Waals surface area contributed by atoms with Gasteiger partial charge in [-0.1, -0.05) is 25.0 Å². The summed E-state index contributed by atoms with van der Waals surface area (Å²) >= 11 is 0. The zero-order valence-corrected chi connectivity index (χ0v) is 9.77. The molecule has 0 amide bonds. The summed E-state index contributed by atoms with van der Waals surface area (Å²) in [5.41, 5.74) is 0.264. The highest BCUT2D eigenvalue weighted by Crippen LogP contribution is 2.39. The van der Waals surface area contributed by atoms with Crippen molar-refractivity contribution >= 4 is 0 Å². The average Bonchev–Trinajstić information content (AvgIpc) is 2.78. The molecule has 4 heteroatoms. The Morgan fingerprint density at radius 2 is 1.59 bits per heavy atom. The zero-order chi connectivity index (χ0) is 12.5. The lowest BCUT2D eigenvalue weighted by atomic mass is 9.88. The SMILES string of the molecule is CNC1(c2ccc(C(F)(F)F)cc2)CCCC1. The Balaban J connectivity index is 2.28.